The predicted octanol–water partition coefficient (Wildman–Crippen LogP) is 3.52. The summed E-state index contributed by atoms with van der Waals surface area (Å²) < 4.78 is 0. The van der Waals surface area contributed by atoms with Gasteiger partial charge >= 0.3 is 0 Å². The highest BCUT2D eigenvalue weighted by atomic mass is 32.1. The fourth-order valence-electron chi connectivity index (χ4n) is 4.96. The van der Waals surface area contributed by atoms with Crippen LogP contribution in [-0.2, 0) is 0 Å². The predicted molar refractivity (Wildman–Crippen MR) is 98.4 cm³/mol. The van der Waals surface area contributed by atoms with E-state index in [2.05, 4.69) is 44.3 Å². The molecule has 1 aromatic heterocycles. The molecule has 0 amide bonds. The Balaban J connectivity index is 1.36. The summed E-state index contributed by atoms with van der Waals surface area (Å²) in [6.45, 7) is 4.95. The molecule has 0 unspecified atom stereocenters. The number of nitrogens with zero attached hydrogens (tertiary/aromatic N) is 4. The molecule has 3 atom stereocenters. The minimum Gasteiger partial charge on any atom is -0.346 e. The topological polar surface area (TPSA) is 32.3 Å². The number of piperidine rings is 3. The molecule has 0 spiro atoms. The van der Waals surface area contributed by atoms with E-state index in [1.54, 1.807) is 11.3 Å². The minimum absolute atomic E-state index is 0.808. The standard InChI is InChI=1S/C19H24N4S/c1-2-6-15(7-3-1)18-20-21-19(24-18)23-12-14-10-16(13-23)17-8-4-5-9-22(17)11-14/h1-3,6-7,14,16-17H,4-5,8-13H2/t14-,16-,17+/m1/s1. The molecule has 4 heterocycles. The maximum Gasteiger partial charge on any atom is 0.208 e. The number of anilines is 1. The first-order valence-electron chi connectivity index (χ1n) is 9.25. The van der Waals surface area contributed by atoms with Crippen molar-refractivity contribution in [2.75, 3.05) is 31.1 Å². The van der Waals surface area contributed by atoms with Crippen LogP contribution in [0.1, 0.15) is 25.7 Å². The van der Waals surface area contributed by atoms with Crippen LogP contribution in [0.5, 0.6) is 0 Å². The Morgan fingerprint density at radius 3 is 2.83 bits per heavy atom. The van der Waals surface area contributed by atoms with Crippen LogP contribution >= 0.6 is 11.3 Å². The Labute approximate surface area is 147 Å². The molecule has 1 aromatic carbocycles. The molecule has 4 nitrogen and oxygen atoms in total. The molecule has 2 aromatic rings. The van der Waals surface area contributed by atoms with Crippen molar-refractivity contribution in [1.82, 2.24) is 15.1 Å². The summed E-state index contributed by atoms with van der Waals surface area (Å²) in [6.07, 6.45) is 5.63. The van der Waals surface area contributed by atoms with Gasteiger partial charge in [-0.1, -0.05) is 48.1 Å². The maximum atomic E-state index is 4.53. The number of rotatable bonds is 2. The third-order valence-electron chi connectivity index (χ3n) is 5.98. The first kappa shape index (κ1) is 14.8. The molecule has 24 heavy (non-hydrogen) atoms. The summed E-state index contributed by atoms with van der Waals surface area (Å²) in [6, 6.07) is 11.2. The zero-order valence-corrected chi connectivity index (χ0v) is 14.8. The van der Waals surface area contributed by atoms with Crippen molar-refractivity contribution < 1.29 is 0 Å². The van der Waals surface area contributed by atoms with Gasteiger partial charge in [0.15, 0.2) is 0 Å². The summed E-state index contributed by atoms with van der Waals surface area (Å²) >= 11 is 1.75. The molecule has 3 aliphatic heterocycles. The Morgan fingerprint density at radius 1 is 1.00 bits per heavy atom. The summed E-state index contributed by atoms with van der Waals surface area (Å²) in [4.78, 5) is 5.31. The van der Waals surface area contributed by atoms with Gasteiger partial charge in [0.25, 0.3) is 0 Å². The number of fused-ring (bicyclic) bond motifs is 4. The lowest BCUT2D eigenvalue weighted by atomic mass is 9.76. The van der Waals surface area contributed by atoms with E-state index in [9.17, 15) is 0 Å². The van der Waals surface area contributed by atoms with E-state index in [0.29, 0.717) is 0 Å². The van der Waals surface area contributed by atoms with Crippen LogP contribution < -0.4 is 4.90 Å². The van der Waals surface area contributed by atoms with Crippen LogP contribution in [0.2, 0.25) is 0 Å². The largest absolute Gasteiger partial charge is 0.346 e. The van der Waals surface area contributed by atoms with Crippen molar-refractivity contribution in [3.05, 3.63) is 30.3 Å². The summed E-state index contributed by atoms with van der Waals surface area (Å²) in [7, 11) is 0. The van der Waals surface area contributed by atoms with Crippen molar-refractivity contribution in [1.29, 1.82) is 0 Å². The van der Waals surface area contributed by atoms with Gasteiger partial charge in [-0.05, 0) is 37.6 Å². The second kappa shape index (κ2) is 6.12. The Bertz CT molecular complexity index is 700. The maximum absolute atomic E-state index is 4.53. The lowest BCUT2D eigenvalue weighted by molar-refractivity contribution is 0.0186. The molecule has 5 rings (SSSR count). The van der Waals surface area contributed by atoms with Gasteiger partial charge in [0.1, 0.15) is 5.01 Å². The van der Waals surface area contributed by atoms with E-state index in [0.717, 1.165) is 34.6 Å². The van der Waals surface area contributed by atoms with Gasteiger partial charge in [0.05, 0.1) is 0 Å². The molecule has 3 fully saturated rings. The normalized spacial score (nSPS) is 30.2. The average Bonchev–Trinajstić information content (AvgIpc) is 3.12. The average molecular weight is 340 g/mol. The molecule has 0 saturated carbocycles. The van der Waals surface area contributed by atoms with Crippen molar-refractivity contribution >= 4 is 16.5 Å². The highest BCUT2D eigenvalue weighted by Crippen LogP contribution is 2.40. The minimum atomic E-state index is 0.808. The fraction of sp³-hybridized carbons (Fsp3) is 0.579. The highest BCUT2D eigenvalue weighted by Gasteiger charge is 2.42. The second-order valence-electron chi connectivity index (χ2n) is 7.58. The summed E-state index contributed by atoms with van der Waals surface area (Å²) in [5.41, 5.74) is 1.18. The van der Waals surface area contributed by atoms with Gasteiger partial charge in [0, 0.05) is 31.2 Å². The monoisotopic (exact) mass is 340 g/mol. The quantitative estimate of drug-likeness (QED) is 0.837. The highest BCUT2D eigenvalue weighted by molar-refractivity contribution is 7.18. The van der Waals surface area contributed by atoms with Crippen LogP contribution in [-0.4, -0.2) is 47.3 Å². The van der Waals surface area contributed by atoms with E-state index in [1.807, 2.05) is 6.07 Å². The lowest BCUT2D eigenvalue weighted by Gasteiger charge is -2.52. The zero-order valence-electron chi connectivity index (χ0n) is 14.0. The first-order chi connectivity index (χ1) is 11.9. The molecule has 0 aliphatic carbocycles. The molecule has 0 N–H and O–H groups in total. The molecule has 3 saturated heterocycles. The molecular formula is C19H24N4S. The number of benzene rings is 1. The fourth-order valence-corrected chi connectivity index (χ4v) is 5.83. The molecule has 126 valence electrons. The second-order valence-corrected chi connectivity index (χ2v) is 8.54. The van der Waals surface area contributed by atoms with Gasteiger partial charge in [-0.3, -0.25) is 4.90 Å². The zero-order chi connectivity index (χ0) is 15.9. The SMILES string of the molecule is c1ccc(-c2nnc(N3C[C@@H]4C[C@H](C3)[C@@H]3CCCCN3C4)s2)cc1. The van der Waals surface area contributed by atoms with Crippen molar-refractivity contribution in [2.45, 2.75) is 31.7 Å². The van der Waals surface area contributed by atoms with Gasteiger partial charge < -0.3 is 4.90 Å². The molecule has 5 heteroatoms. The molecule has 3 aliphatic rings. The molecule has 0 radical (unpaired) electrons. The van der Waals surface area contributed by atoms with Crippen LogP contribution in [0.15, 0.2) is 30.3 Å². The van der Waals surface area contributed by atoms with E-state index >= 15 is 0 Å². The van der Waals surface area contributed by atoms with Crippen LogP contribution in [0.3, 0.4) is 0 Å². The lowest BCUT2D eigenvalue weighted by Crippen LogP contribution is -2.59. The first-order valence-corrected chi connectivity index (χ1v) is 10.1. The smallest absolute Gasteiger partial charge is 0.208 e. The van der Waals surface area contributed by atoms with Gasteiger partial charge in [-0.2, -0.15) is 0 Å². The van der Waals surface area contributed by atoms with Crippen LogP contribution in [0.25, 0.3) is 10.6 Å². The Hall–Kier alpha value is -1.46. The molecular weight excluding hydrogens is 316 g/mol. The van der Waals surface area contributed by atoms with E-state index < -0.39 is 0 Å². The number of hydrogen-bond acceptors (Lipinski definition) is 5. The van der Waals surface area contributed by atoms with E-state index in [4.69, 9.17) is 0 Å². The van der Waals surface area contributed by atoms with Gasteiger partial charge in [0.2, 0.25) is 5.13 Å². The third-order valence-corrected chi connectivity index (χ3v) is 7.01. The Kier molecular flexibility index (Phi) is 3.78. The summed E-state index contributed by atoms with van der Waals surface area (Å²) in [5, 5.41) is 11.1. The van der Waals surface area contributed by atoms with E-state index in [-0.39, 0.29) is 0 Å². The summed E-state index contributed by atoms with van der Waals surface area (Å²) in [5.74, 6) is 1.63. The number of aromatic nitrogens is 2. The molecule has 2 bridgehead atoms. The van der Waals surface area contributed by atoms with Gasteiger partial charge in [-0.25, -0.2) is 0 Å². The van der Waals surface area contributed by atoms with E-state index in [1.165, 1.54) is 50.9 Å². The van der Waals surface area contributed by atoms with Crippen molar-refractivity contribution in [3.63, 3.8) is 0 Å². The number of hydrogen-bond donors (Lipinski definition) is 0. The van der Waals surface area contributed by atoms with Crippen LogP contribution in [0, 0.1) is 11.8 Å². The van der Waals surface area contributed by atoms with Crippen LogP contribution in [0.4, 0.5) is 5.13 Å². The van der Waals surface area contributed by atoms with Crippen molar-refractivity contribution in [2.24, 2.45) is 11.8 Å². The Morgan fingerprint density at radius 2 is 1.92 bits per heavy atom. The van der Waals surface area contributed by atoms with Crippen molar-refractivity contribution in [3.8, 4) is 10.6 Å². The van der Waals surface area contributed by atoms with Gasteiger partial charge in [-0.15, -0.1) is 10.2 Å². The third kappa shape index (κ3) is 2.64.